The molecule has 0 saturated heterocycles. The van der Waals surface area contributed by atoms with E-state index in [-0.39, 0.29) is 18.1 Å². The summed E-state index contributed by atoms with van der Waals surface area (Å²) in [6.45, 7) is 7.92. The molecule has 1 N–H and O–H groups in total. The Bertz CT molecular complexity index is 632. The summed E-state index contributed by atoms with van der Waals surface area (Å²) in [5, 5.41) is 3.03. The molecule has 0 aliphatic heterocycles. The van der Waals surface area contributed by atoms with Crippen LogP contribution >= 0.6 is 0 Å². The number of hydrogen-bond donors (Lipinski definition) is 1. The molecule has 1 atom stereocenters. The topological polar surface area (TPSA) is 38.3 Å². The van der Waals surface area contributed by atoms with Gasteiger partial charge in [0.25, 0.3) is 5.91 Å². The minimum Gasteiger partial charge on any atom is -0.490 e. The van der Waals surface area contributed by atoms with Gasteiger partial charge < -0.3 is 10.1 Å². The number of amides is 1. The summed E-state index contributed by atoms with van der Waals surface area (Å²) < 4.78 is 5.71. The Morgan fingerprint density at radius 2 is 1.64 bits per heavy atom. The Hall–Kier alpha value is -2.29. The summed E-state index contributed by atoms with van der Waals surface area (Å²) in [7, 11) is 0. The monoisotopic (exact) mass is 297 g/mol. The maximum Gasteiger partial charge on any atom is 0.255 e. The molecule has 0 aliphatic carbocycles. The smallest absolute Gasteiger partial charge is 0.255 e. The first-order valence-electron chi connectivity index (χ1n) is 7.60. The lowest BCUT2D eigenvalue weighted by molar-refractivity contribution is 0.0934. The quantitative estimate of drug-likeness (QED) is 0.895. The zero-order chi connectivity index (χ0) is 16.1. The van der Waals surface area contributed by atoms with Gasteiger partial charge >= 0.3 is 0 Å². The average molecular weight is 297 g/mol. The summed E-state index contributed by atoms with van der Waals surface area (Å²) in [6.07, 6.45) is 0.0310. The molecular formula is C19H23NO2. The van der Waals surface area contributed by atoms with Gasteiger partial charge in [0.15, 0.2) is 0 Å². The fourth-order valence-electron chi connectivity index (χ4n) is 2.22. The highest BCUT2D eigenvalue weighted by Gasteiger charge is 2.16. The van der Waals surface area contributed by atoms with Gasteiger partial charge in [0, 0.05) is 0 Å². The third-order valence-electron chi connectivity index (χ3n) is 3.42. The van der Waals surface area contributed by atoms with Crippen molar-refractivity contribution >= 4 is 5.91 Å². The lowest BCUT2D eigenvalue weighted by Gasteiger charge is -2.17. The molecule has 0 aliphatic rings. The van der Waals surface area contributed by atoms with Crippen LogP contribution in [0.1, 0.15) is 48.3 Å². The van der Waals surface area contributed by atoms with Gasteiger partial charge in [-0.15, -0.1) is 0 Å². The van der Waals surface area contributed by atoms with E-state index in [4.69, 9.17) is 4.74 Å². The van der Waals surface area contributed by atoms with Gasteiger partial charge in [0.2, 0.25) is 0 Å². The predicted octanol–water partition coefficient (Wildman–Crippen LogP) is 4.27. The Labute approximate surface area is 132 Å². The molecule has 2 aromatic carbocycles. The number of benzene rings is 2. The van der Waals surface area contributed by atoms with Crippen LogP contribution in [0.5, 0.6) is 5.75 Å². The van der Waals surface area contributed by atoms with Crippen molar-refractivity contribution in [3.63, 3.8) is 0 Å². The van der Waals surface area contributed by atoms with Crippen LogP contribution < -0.4 is 10.1 Å². The minimum absolute atomic E-state index is 0.0310. The molecule has 3 nitrogen and oxygen atoms in total. The number of ether oxygens (including phenoxy) is 1. The summed E-state index contributed by atoms with van der Waals surface area (Å²) >= 11 is 0. The van der Waals surface area contributed by atoms with E-state index in [1.165, 1.54) is 5.56 Å². The third-order valence-corrected chi connectivity index (χ3v) is 3.42. The molecule has 0 radical (unpaired) electrons. The molecule has 1 amide bonds. The Morgan fingerprint density at radius 1 is 1.00 bits per heavy atom. The Morgan fingerprint density at radius 3 is 2.27 bits per heavy atom. The standard InChI is InChI=1S/C19H23NO2/c1-13(2)22-18-8-6-5-7-17(18)19(21)20-15(4)16-11-9-14(3)10-12-16/h5-13,15H,1-4H3,(H,20,21). The highest BCUT2D eigenvalue weighted by molar-refractivity contribution is 5.97. The second-order valence-electron chi connectivity index (χ2n) is 5.77. The molecule has 2 aromatic rings. The predicted molar refractivity (Wildman–Crippen MR) is 89.3 cm³/mol. The van der Waals surface area contributed by atoms with Crippen molar-refractivity contribution in [2.75, 3.05) is 0 Å². The second-order valence-corrected chi connectivity index (χ2v) is 5.77. The molecule has 1 unspecified atom stereocenters. The number of carbonyl (C=O) groups is 1. The first-order valence-corrected chi connectivity index (χ1v) is 7.60. The summed E-state index contributed by atoms with van der Waals surface area (Å²) in [6, 6.07) is 15.5. The number of aryl methyl sites for hydroxylation is 1. The van der Waals surface area contributed by atoms with Crippen LogP contribution in [-0.2, 0) is 0 Å². The normalized spacial score (nSPS) is 12.0. The lowest BCUT2D eigenvalue weighted by Crippen LogP contribution is -2.27. The van der Waals surface area contributed by atoms with Crippen LogP contribution in [0.25, 0.3) is 0 Å². The second kappa shape index (κ2) is 7.12. The molecule has 116 valence electrons. The number of para-hydroxylation sites is 1. The highest BCUT2D eigenvalue weighted by Crippen LogP contribution is 2.21. The molecule has 2 rings (SSSR count). The van der Waals surface area contributed by atoms with Gasteiger partial charge in [-0.2, -0.15) is 0 Å². The molecular weight excluding hydrogens is 274 g/mol. The fraction of sp³-hybridized carbons (Fsp3) is 0.316. The highest BCUT2D eigenvalue weighted by atomic mass is 16.5. The molecule has 0 fully saturated rings. The van der Waals surface area contributed by atoms with Gasteiger partial charge in [-0.05, 0) is 45.4 Å². The van der Waals surface area contributed by atoms with Crippen LogP contribution in [0.3, 0.4) is 0 Å². The van der Waals surface area contributed by atoms with E-state index in [0.717, 1.165) is 5.56 Å². The Kier molecular flexibility index (Phi) is 5.21. The molecule has 22 heavy (non-hydrogen) atoms. The van der Waals surface area contributed by atoms with Crippen LogP contribution in [-0.4, -0.2) is 12.0 Å². The van der Waals surface area contributed by atoms with Gasteiger partial charge in [-0.25, -0.2) is 0 Å². The minimum atomic E-state index is -0.121. The van der Waals surface area contributed by atoms with Gasteiger partial charge in [0.1, 0.15) is 5.75 Å². The van der Waals surface area contributed by atoms with E-state index in [9.17, 15) is 4.79 Å². The van der Waals surface area contributed by atoms with Crippen molar-refractivity contribution < 1.29 is 9.53 Å². The van der Waals surface area contributed by atoms with Crippen molar-refractivity contribution in [1.82, 2.24) is 5.32 Å². The van der Waals surface area contributed by atoms with E-state index < -0.39 is 0 Å². The maximum atomic E-state index is 12.5. The van der Waals surface area contributed by atoms with Crippen molar-refractivity contribution in [2.24, 2.45) is 0 Å². The SMILES string of the molecule is Cc1ccc(C(C)NC(=O)c2ccccc2OC(C)C)cc1. The maximum absolute atomic E-state index is 12.5. The fourth-order valence-corrected chi connectivity index (χ4v) is 2.22. The zero-order valence-corrected chi connectivity index (χ0v) is 13.6. The van der Waals surface area contributed by atoms with Gasteiger partial charge in [0.05, 0.1) is 17.7 Å². The van der Waals surface area contributed by atoms with Gasteiger partial charge in [-0.3, -0.25) is 4.79 Å². The largest absolute Gasteiger partial charge is 0.490 e. The summed E-state index contributed by atoms with van der Waals surface area (Å²) in [4.78, 5) is 12.5. The molecule has 0 heterocycles. The number of hydrogen-bond acceptors (Lipinski definition) is 2. The van der Waals surface area contributed by atoms with E-state index in [0.29, 0.717) is 11.3 Å². The molecule has 0 spiro atoms. The van der Waals surface area contributed by atoms with E-state index >= 15 is 0 Å². The molecule has 0 bridgehead atoms. The summed E-state index contributed by atoms with van der Waals surface area (Å²) in [5.74, 6) is 0.496. The van der Waals surface area contributed by atoms with Crippen LogP contribution in [0.4, 0.5) is 0 Å². The number of rotatable bonds is 5. The molecule has 0 saturated carbocycles. The van der Waals surface area contributed by atoms with E-state index in [1.54, 1.807) is 6.07 Å². The molecule has 0 aromatic heterocycles. The zero-order valence-electron chi connectivity index (χ0n) is 13.6. The summed E-state index contributed by atoms with van der Waals surface area (Å²) in [5.41, 5.74) is 2.86. The van der Waals surface area contributed by atoms with Crippen LogP contribution in [0.2, 0.25) is 0 Å². The first kappa shape index (κ1) is 16.1. The van der Waals surface area contributed by atoms with E-state index in [2.05, 4.69) is 5.32 Å². The van der Waals surface area contributed by atoms with Crippen molar-refractivity contribution in [2.45, 2.75) is 39.8 Å². The first-order chi connectivity index (χ1) is 10.5. The molecule has 3 heteroatoms. The van der Waals surface area contributed by atoms with Crippen LogP contribution in [0, 0.1) is 6.92 Å². The number of carbonyl (C=O) groups excluding carboxylic acids is 1. The Balaban J connectivity index is 2.13. The van der Waals surface area contributed by atoms with Crippen LogP contribution in [0.15, 0.2) is 48.5 Å². The van der Waals surface area contributed by atoms with Crippen molar-refractivity contribution in [3.05, 3.63) is 65.2 Å². The lowest BCUT2D eigenvalue weighted by atomic mass is 10.1. The van der Waals surface area contributed by atoms with Crippen molar-refractivity contribution in [3.8, 4) is 5.75 Å². The van der Waals surface area contributed by atoms with Gasteiger partial charge in [-0.1, -0.05) is 42.0 Å². The average Bonchev–Trinajstić information content (AvgIpc) is 2.47. The van der Waals surface area contributed by atoms with Crippen molar-refractivity contribution in [1.29, 1.82) is 0 Å². The third kappa shape index (κ3) is 4.10. The number of nitrogens with one attached hydrogen (secondary N) is 1. The van der Waals surface area contributed by atoms with E-state index in [1.807, 2.05) is 70.2 Å².